The van der Waals surface area contributed by atoms with Crippen LogP contribution in [-0.4, -0.2) is 16.6 Å². The van der Waals surface area contributed by atoms with Crippen LogP contribution in [0.5, 0.6) is 5.75 Å². The number of nitrogens with zero attached hydrogens (tertiary/aromatic N) is 1. The fourth-order valence-corrected chi connectivity index (χ4v) is 2.12. The molecule has 0 amide bonds. The monoisotopic (exact) mass is 307 g/mol. The Bertz CT molecular complexity index is 645. The summed E-state index contributed by atoms with van der Waals surface area (Å²) in [6, 6.07) is 11.8. The van der Waals surface area contributed by atoms with Gasteiger partial charge in [0.1, 0.15) is 12.4 Å². The Kier molecular flexibility index (Phi) is 5.14. The largest absolute Gasteiger partial charge is 0.488 e. The van der Waals surface area contributed by atoms with Crippen LogP contribution in [0, 0.1) is 10.1 Å². The van der Waals surface area contributed by atoms with Crippen LogP contribution < -0.4 is 4.74 Å². The van der Waals surface area contributed by atoms with E-state index in [1.807, 2.05) is 18.2 Å². The number of nitro groups is 1. The first-order valence-corrected chi connectivity index (χ1v) is 6.74. The highest BCUT2D eigenvalue weighted by molar-refractivity contribution is 6.30. The van der Waals surface area contributed by atoms with Crippen LogP contribution in [0.2, 0.25) is 5.02 Å². The third kappa shape index (κ3) is 3.93. The molecule has 0 aliphatic rings. The number of nitro benzene ring substituents is 1. The third-order valence-corrected chi connectivity index (χ3v) is 3.22. The van der Waals surface area contributed by atoms with Gasteiger partial charge in [-0.2, -0.15) is 0 Å². The van der Waals surface area contributed by atoms with Crippen molar-refractivity contribution < 1.29 is 14.8 Å². The van der Waals surface area contributed by atoms with Gasteiger partial charge < -0.3 is 9.84 Å². The molecule has 0 saturated carbocycles. The minimum atomic E-state index is -0.482. The third-order valence-electron chi connectivity index (χ3n) is 2.98. The molecule has 0 heterocycles. The summed E-state index contributed by atoms with van der Waals surface area (Å²) >= 11 is 5.77. The predicted molar refractivity (Wildman–Crippen MR) is 79.7 cm³/mol. The molecule has 110 valence electrons. The van der Waals surface area contributed by atoms with Gasteiger partial charge in [-0.25, -0.2) is 0 Å². The zero-order valence-electron chi connectivity index (χ0n) is 11.2. The van der Waals surface area contributed by atoms with E-state index in [0.29, 0.717) is 22.8 Å². The van der Waals surface area contributed by atoms with Crippen LogP contribution in [0.1, 0.15) is 11.1 Å². The molecule has 0 fully saturated rings. The van der Waals surface area contributed by atoms with Crippen molar-refractivity contribution >= 4 is 17.3 Å². The maximum atomic E-state index is 11.0. The molecule has 5 nitrogen and oxygen atoms in total. The van der Waals surface area contributed by atoms with Crippen LogP contribution >= 0.6 is 11.6 Å². The Morgan fingerprint density at radius 3 is 2.67 bits per heavy atom. The van der Waals surface area contributed by atoms with Crippen molar-refractivity contribution in [3.63, 3.8) is 0 Å². The van der Waals surface area contributed by atoms with Gasteiger partial charge in [-0.05, 0) is 30.2 Å². The number of aliphatic hydroxyl groups excluding tert-OH is 1. The van der Waals surface area contributed by atoms with E-state index in [4.69, 9.17) is 21.4 Å². The number of rotatable bonds is 6. The van der Waals surface area contributed by atoms with Crippen molar-refractivity contribution in [3.05, 3.63) is 68.7 Å². The zero-order chi connectivity index (χ0) is 15.2. The van der Waals surface area contributed by atoms with Gasteiger partial charge in [0.05, 0.1) is 10.5 Å². The van der Waals surface area contributed by atoms with Gasteiger partial charge in [0, 0.05) is 17.7 Å². The zero-order valence-corrected chi connectivity index (χ0v) is 11.9. The van der Waals surface area contributed by atoms with E-state index in [0.717, 1.165) is 5.56 Å². The molecule has 0 spiro atoms. The molecular formula is C15H14ClNO4. The number of halogens is 1. The summed E-state index contributed by atoms with van der Waals surface area (Å²) in [7, 11) is 0. The molecule has 0 saturated heterocycles. The van der Waals surface area contributed by atoms with Crippen molar-refractivity contribution in [3.8, 4) is 5.75 Å². The first-order valence-electron chi connectivity index (χ1n) is 6.36. The summed E-state index contributed by atoms with van der Waals surface area (Å²) < 4.78 is 5.65. The molecule has 0 atom stereocenters. The SMILES string of the molecule is O=[N+]([O-])c1cc(Cl)ccc1COc1ccccc1CCO. The predicted octanol–water partition coefficient (Wildman–Crippen LogP) is 3.36. The quantitative estimate of drug-likeness (QED) is 0.656. The highest BCUT2D eigenvalue weighted by atomic mass is 35.5. The molecule has 2 aromatic carbocycles. The van der Waals surface area contributed by atoms with E-state index in [2.05, 4.69) is 0 Å². The summed E-state index contributed by atoms with van der Waals surface area (Å²) in [5, 5.41) is 20.3. The van der Waals surface area contributed by atoms with Crippen LogP contribution in [0.3, 0.4) is 0 Å². The number of para-hydroxylation sites is 1. The lowest BCUT2D eigenvalue weighted by Crippen LogP contribution is -2.03. The molecular weight excluding hydrogens is 294 g/mol. The normalized spacial score (nSPS) is 10.4. The lowest BCUT2D eigenvalue weighted by molar-refractivity contribution is -0.385. The average Bonchev–Trinajstić information content (AvgIpc) is 2.47. The molecule has 0 unspecified atom stereocenters. The van der Waals surface area contributed by atoms with Gasteiger partial charge in [0.15, 0.2) is 0 Å². The smallest absolute Gasteiger partial charge is 0.277 e. The van der Waals surface area contributed by atoms with E-state index in [-0.39, 0.29) is 18.9 Å². The Morgan fingerprint density at radius 2 is 1.95 bits per heavy atom. The van der Waals surface area contributed by atoms with E-state index >= 15 is 0 Å². The number of ether oxygens (including phenoxy) is 1. The molecule has 2 rings (SSSR count). The molecule has 0 bridgehead atoms. The standard InChI is InChI=1S/C15H14ClNO4/c16-13-6-5-12(14(9-13)17(19)20)10-21-15-4-2-1-3-11(15)7-8-18/h1-6,9,18H,7-8,10H2. The van der Waals surface area contributed by atoms with Crippen LogP contribution in [-0.2, 0) is 13.0 Å². The summed E-state index contributed by atoms with van der Waals surface area (Å²) in [4.78, 5) is 10.5. The lowest BCUT2D eigenvalue weighted by Gasteiger charge is -2.11. The van der Waals surface area contributed by atoms with Crippen molar-refractivity contribution in [1.82, 2.24) is 0 Å². The highest BCUT2D eigenvalue weighted by Crippen LogP contribution is 2.26. The van der Waals surface area contributed by atoms with E-state index in [1.54, 1.807) is 18.2 Å². The molecule has 6 heteroatoms. The average molecular weight is 308 g/mol. The number of hydrogen-bond acceptors (Lipinski definition) is 4. The van der Waals surface area contributed by atoms with E-state index < -0.39 is 4.92 Å². The summed E-state index contributed by atoms with van der Waals surface area (Å²) in [6.45, 7) is 0.0807. The summed E-state index contributed by atoms with van der Waals surface area (Å²) in [5.41, 5.74) is 1.24. The molecule has 0 radical (unpaired) electrons. The summed E-state index contributed by atoms with van der Waals surface area (Å²) in [5.74, 6) is 0.607. The van der Waals surface area contributed by atoms with Gasteiger partial charge in [-0.1, -0.05) is 29.8 Å². The van der Waals surface area contributed by atoms with Gasteiger partial charge >= 0.3 is 0 Å². The fraction of sp³-hybridized carbons (Fsp3) is 0.200. The van der Waals surface area contributed by atoms with Gasteiger partial charge in [-0.15, -0.1) is 0 Å². The first kappa shape index (κ1) is 15.3. The van der Waals surface area contributed by atoms with Crippen molar-refractivity contribution in [1.29, 1.82) is 0 Å². The summed E-state index contributed by atoms with van der Waals surface area (Å²) in [6.07, 6.45) is 0.471. The Morgan fingerprint density at radius 1 is 1.19 bits per heavy atom. The molecule has 1 N–H and O–H groups in total. The molecule has 0 aromatic heterocycles. The van der Waals surface area contributed by atoms with Crippen molar-refractivity contribution in [2.45, 2.75) is 13.0 Å². The topological polar surface area (TPSA) is 72.6 Å². The first-order chi connectivity index (χ1) is 10.1. The number of benzene rings is 2. The van der Waals surface area contributed by atoms with Crippen molar-refractivity contribution in [2.24, 2.45) is 0 Å². The van der Waals surface area contributed by atoms with Crippen LogP contribution in [0.15, 0.2) is 42.5 Å². The second-order valence-corrected chi connectivity index (χ2v) is 4.84. The molecule has 0 aliphatic heterocycles. The minimum absolute atomic E-state index is 0.0153. The molecule has 21 heavy (non-hydrogen) atoms. The van der Waals surface area contributed by atoms with Crippen LogP contribution in [0.25, 0.3) is 0 Å². The maximum absolute atomic E-state index is 11.0. The number of aliphatic hydroxyl groups is 1. The Labute approximate surface area is 126 Å². The van der Waals surface area contributed by atoms with Crippen LogP contribution in [0.4, 0.5) is 5.69 Å². The highest BCUT2D eigenvalue weighted by Gasteiger charge is 2.15. The number of hydrogen-bond donors (Lipinski definition) is 1. The Hall–Kier alpha value is -2.11. The molecule has 2 aromatic rings. The second kappa shape index (κ2) is 7.06. The van der Waals surface area contributed by atoms with Crippen molar-refractivity contribution in [2.75, 3.05) is 6.61 Å². The van der Waals surface area contributed by atoms with Gasteiger partial charge in [0.25, 0.3) is 5.69 Å². The van der Waals surface area contributed by atoms with Gasteiger partial charge in [-0.3, -0.25) is 10.1 Å². The van der Waals surface area contributed by atoms with Gasteiger partial charge in [0.2, 0.25) is 0 Å². The molecule has 0 aliphatic carbocycles. The lowest BCUT2D eigenvalue weighted by atomic mass is 10.1. The minimum Gasteiger partial charge on any atom is -0.488 e. The second-order valence-electron chi connectivity index (χ2n) is 4.40. The fourth-order valence-electron chi connectivity index (χ4n) is 1.96. The van der Waals surface area contributed by atoms with E-state index in [9.17, 15) is 10.1 Å². The van der Waals surface area contributed by atoms with E-state index in [1.165, 1.54) is 6.07 Å². The maximum Gasteiger partial charge on any atom is 0.277 e. The Balaban J connectivity index is 2.19.